The first kappa shape index (κ1) is 20.5. The number of rotatable bonds is 6. The van der Waals surface area contributed by atoms with Crippen molar-refractivity contribution < 1.29 is 17.6 Å². The van der Waals surface area contributed by atoms with Crippen LogP contribution in [-0.4, -0.2) is 47.8 Å². The first-order valence-corrected chi connectivity index (χ1v) is 11.9. The molecule has 1 aliphatic heterocycles. The second kappa shape index (κ2) is 8.44. The van der Waals surface area contributed by atoms with Gasteiger partial charge in [0.2, 0.25) is 15.9 Å². The van der Waals surface area contributed by atoms with Crippen LogP contribution in [0.5, 0.6) is 0 Å². The highest BCUT2D eigenvalue weighted by atomic mass is 35.5. The highest BCUT2D eigenvalue weighted by Gasteiger charge is 2.40. The standard InChI is InChI=1S/C16H17ClFN3O3S3/c1-10-20-11(7-26-10)4-5-19-16(22)15-8-25-9-21(15)27(23,24)12-2-3-14(18)13(17)6-12/h2-3,6-7,15H,4-5,8-9H2,1H3,(H,19,22). The average molecular weight is 450 g/mol. The fourth-order valence-electron chi connectivity index (χ4n) is 2.60. The fourth-order valence-corrected chi connectivity index (χ4v) is 6.67. The zero-order chi connectivity index (χ0) is 19.6. The maximum Gasteiger partial charge on any atom is 0.244 e. The van der Waals surface area contributed by atoms with Crippen molar-refractivity contribution >= 4 is 50.6 Å². The molecule has 1 fully saturated rings. The van der Waals surface area contributed by atoms with Crippen LogP contribution in [0.2, 0.25) is 5.02 Å². The molecule has 0 saturated carbocycles. The van der Waals surface area contributed by atoms with Gasteiger partial charge in [0.25, 0.3) is 0 Å². The number of thioether (sulfide) groups is 1. The maximum absolute atomic E-state index is 13.3. The number of carbonyl (C=O) groups is 1. The average Bonchev–Trinajstić information content (AvgIpc) is 3.26. The quantitative estimate of drug-likeness (QED) is 0.733. The summed E-state index contributed by atoms with van der Waals surface area (Å²) in [6.07, 6.45) is 0.580. The topological polar surface area (TPSA) is 79.4 Å². The van der Waals surface area contributed by atoms with E-state index < -0.39 is 21.9 Å². The van der Waals surface area contributed by atoms with Crippen LogP contribution in [0.1, 0.15) is 10.7 Å². The number of benzene rings is 1. The van der Waals surface area contributed by atoms with E-state index >= 15 is 0 Å². The van der Waals surface area contributed by atoms with E-state index in [0.717, 1.165) is 33.2 Å². The number of sulfonamides is 1. The third-order valence-corrected chi connectivity index (χ3v) is 8.13. The predicted molar refractivity (Wildman–Crippen MR) is 105 cm³/mol. The van der Waals surface area contributed by atoms with E-state index in [9.17, 15) is 17.6 Å². The van der Waals surface area contributed by atoms with Crippen molar-refractivity contribution in [3.63, 3.8) is 0 Å². The summed E-state index contributed by atoms with van der Waals surface area (Å²) in [6, 6.07) is 2.40. The van der Waals surface area contributed by atoms with Crippen molar-refractivity contribution in [2.75, 3.05) is 18.2 Å². The molecule has 11 heteroatoms. The van der Waals surface area contributed by atoms with Gasteiger partial charge in [-0.25, -0.2) is 17.8 Å². The SMILES string of the molecule is Cc1nc(CCNC(=O)C2CSCN2S(=O)(=O)c2ccc(F)c(Cl)c2)cs1. The van der Waals surface area contributed by atoms with Crippen molar-refractivity contribution in [3.8, 4) is 0 Å². The fraction of sp³-hybridized carbons (Fsp3) is 0.375. The van der Waals surface area contributed by atoms with E-state index in [0.29, 0.717) is 18.7 Å². The third-order valence-electron chi connectivity index (χ3n) is 3.99. The molecular formula is C16H17ClFN3O3S3. The van der Waals surface area contributed by atoms with Crippen LogP contribution in [0.15, 0.2) is 28.5 Å². The number of thiazole rings is 1. The first-order chi connectivity index (χ1) is 12.8. The lowest BCUT2D eigenvalue weighted by molar-refractivity contribution is -0.123. The van der Waals surface area contributed by atoms with Gasteiger partial charge in [0, 0.05) is 24.1 Å². The zero-order valence-corrected chi connectivity index (χ0v) is 17.5. The van der Waals surface area contributed by atoms with Gasteiger partial charge >= 0.3 is 0 Å². The molecule has 2 heterocycles. The molecule has 6 nitrogen and oxygen atoms in total. The minimum absolute atomic E-state index is 0.132. The number of halogens is 2. The van der Waals surface area contributed by atoms with Gasteiger partial charge in [-0.2, -0.15) is 4.31 Å². The van der Waals surface area contributed by atoms with Crippen LogP contribution >= 0.6 is 34.7 Å². The normalized spacial score (nSPS) is 18.0. The molecule has 1 amide bonds. The number of hydrogen-bond acceptors (Lipinski definition) is 6. The molecule has 1 saturated heterocycles. The smallest absolute Gasteiger partial charge is 0.244 e. The van der Waals surface area contributed by atoms with Crippen LogP contribution in [0.4, 0.5) is 4.39 Å². The van der Waals surface area contributed by atoms with Crippen LogP contribution in [0.3, 0.4) is 0 Å². The Morgan fingerprint density at radius 3 is 2.93 bits per heavy atom. The lowest BCUT2D eigenvalue weighted by Crippen LogP contribution is -2.47. The number of nitrogens with zero attached hydrogens (tertiary/aromatic N) is 2. The molecule has 0 radical (unpaired) electrons. The maximum atomic E-state index is 13.3. The van der Waals surface area contributed by atoms with E-state index in [4.69, 9.17) is 11.6 Å². The van der Waals surface area contributed by atoms with Crippen molar-refractivity contribution in [1.29, 1.82) is 0 Å². The summed E-state index contributed by atoms with van der Waals surface area (Å²) >= 11 is 8.60. The van der Waals surface area contributed by atoms with Crippen LogP contribution in [-0.2, 0) is 21.2 Å². The number of amides is 1. The summed E-state index contributed by atoms with van der Waals surface area (Å²) < 4.78 is 40.2. The Bertz CT molecular complexity index is 951. The minimum Gasteiger partial charge on any atom is -0.354 e. The Balaban J connectivity index is 1.68. The molecule has 0 bridgehead atoms. The highest BCUT2D eigenvalue weighted by Crippen LogP contribution is 2.30. The van der Waals surface area contributed by atoms with E-state index in [-0.39, 0.29) is 21.7 Å². The monoisotopic (exact) mass is 449 g/mol. The molecule has 1 N–H and O–H groups in total. The van der Waals surface area contributed by atoms with Crippen LogP contribution < -0.4 is 5.32 Å². The molecular weight excluding hydrogens is 433 g/mol. The van der Waals surface area contributed by atoms with Crippen LogP contribution in [0.25, 0.3) is 0 Å². The summed E-state index contributed by atoms with van der Waals surface area (Å²) in [7, 11) is -3.96. The Morgan fingerprint density at radius 2 is 2.26 bits per heavy atom. The summed E-state index contributed by atoms with van der Waals surface area (Å²) in [6.45, 7) is 2.28. The van der Waals surface area contributed by atoms with Gasteiger partial charge in [-0.05, 0) is 25.1 Å². The molecule has 1 aliphatic rings. The molecule has 1 atom stereocenters. The summed E-state index contributed by atoms with van der Waals surface area (Å²) in [4.78, 5) is 16.7. The predicted octanol–water partition coefficient (Wildman–Crippen LogP) is 2.67. The van der Waals surface area contributed by atoms with Crippen molar-refractivity contribution in [1.82, 2.24) is 14.6 Å². The van der Waals surface area contributed by atoms with Gasteiger partial charge in [-0.1, -0.05) is 11.6 Å². The molecule has 1 aromatic heterocycles. The molecule has 0 spiro atoms. The molecule has 0 aliphatic carbocycles. The van der Waals surface area contributed by atoms with E-state index in [1.54, 1.807) is 0 Å². The Kier molecular flexibility index (Phi) is 6.42. The summed E-state index contributed by atoms with van der Waals surface area (Å²) in [5, 5.41) is 5.39. The largest absolute Gasteiger partial charge is 0.354 e. The van der Waals surface area contributed by atoms with E-state index in [1.165, 1.54) is 23.1 Å². The number of aromatic nitrogens is 1. The lowest BCUT2D eigenvalue weighted by atomic mass is 10.3. The molecule has 146 valence electrons. The van der Waals surface area contributed by atoms with Crippen molar-refractivity contribution in [2.45, 2.75) is 24.3 Å². The highest BCUT2D eigenvalue weighted by molar-refractivity contribution is 8.00. The molecule has 2 aromatic rings. The van der Waals surface area contributed by atoms with E-state index in [2.05, 4.69) is 10.3 Å². The van der Waals surface area contributed by atoms with Crippen molar-refractivity contribution in [3.05, 3.63) is 45.1 Å². The summed E-state index contributed by atoms with van der Waals surface area (Å²) in [5.41, 5.74) is 0.893. The lowest BCUT2D eigenvalue weighted by Gasteiger charge is -2.22. The number of nitrogens with one attached hydrogen (secondary N) is 1. The Morgan fingerprint density at radius 1 is 1.48 bits per heavy atom. The van der Waals surface area contributed by atoms with Gasteiger partial charge in [0.15, 0.2) is 0 Å². The van der Waals surface area contributed by atoms with Crippen molar-refractivity contribution in [2.24, 2.45) is 0 Å². The molecule has 3 rings (SSSR count). The van der Waals surface area contributed by atoms with Gasteiger partial charge in [-0.15, -0.1) is 23.1 Å². The summed E-state index contributed by atoms with van der Waals surface area (Å²) in [5.74, 6) is -0.544. The third kappa shape index (κ3) is 4.62. The molecule has 27 heavy (non-hydrogen) atoms. The number of carbonyl (C=O) groups excluding carboxylic acids is 1. The molecule has 1 aromatic carbocycles. The zero-order valence-electron chi connectivity index (χ0n) is 14.3. The van der Waals surface area contributed by atoms with Crippen LogP contribution in [0, 0.1) is 12.7 Å². The second-order valence-corrected chi connectivity index (χ2v) is 10.2. The van der Waals surface area contributed by atoms with Gasteiger partial charge in [0.05, 0.1) is 26.5 Å². The second-order valence-electron chi connectivity index (χ2n) is 5.88. The first-order valence-electron chi connectivity index (χ1n) is 8.02. The molecule has 1 unspecified atom stereocenters. The Labute approximate surface area is 170 Å². The van der Waals surface area contributed by atoms with Gasteiger partial charge in [0.1, 0.15) is 11.9 Å². The Hall–Kier alpha value is -1.20. The van der Waals surface area contributed by atoms with E-state index in [1.807, 2.05) is 12.3 Å². The van der Waals surface area contributed by atoms with Gasteiger partial charge in [-0.3, -0.25) is 4.79 Å². The number of hydrogen-bond donors (Lipinski definition) is 1. The minimum atomic E-state index is -3.96. The number of aryl methyl sites for hydroxylation is 1. The van der Waals surface area contributed by atoms with Gasteiger partial charge < -0.3 is 5.32 Å².